The molecule has 0 aliphatic heterocycles. The number of furan rings is 1. The average Bonchev–Trinajstić information content (AvgIpc) is 2.97. The van der Waals surface area contributed by atoms with Gasteiger partial charge in [-0.25, -0.2) is 9.18 Å². The molecule has 0 radical (unpaired) electrons. The number of esters is 1. The van der Waals surface area contributed by atoms with Crippen LogP contribution in [0.5, 0.6) is 5.75 Å². The topological polar surface area (TPSA) is 74.7 Å². The number of halogens is 1. The van der Waals surface area contributed by atoms with Gasteiger partial charge in [0.15, 0.2) is 0 Å². The number of nitrogen functional groups attached to an aromatic ring is 1. The van der Waals surface area contributed by atoms with Gasteiger partial charge in [0.2, 0.25) is 0 Å². The molecule has 0 unspecified atom stereocenters. The van der Waals surface area contributed by atoms with E-state index in [1.54, 1.807) is 12.1 Å². The van der Waals surface area contributed by atoms with Crippen molar-refractivity contribution in [1.82, 2.24) is 0 Å². The van der Waals surface area contributed by atoms with Crippen LogP contribution in [0.1, 0.15) is 23.7 Å². The minimum atomic E-state index is -0.552. The number of fused-ring (bicyclic) bond motifs is 1. The number of benzene rings is 2. The molecule has 0 saturated heterocycles. The average molecular weight is 343 g/mol. The maximum absolute atomic E-state index is 13.2. The first-order valence-electron chi connectivity index (χ1n) is 7.88. The molecule has 0 spiro atoms. The standard InChI is InChI=1S/C19H18FNO4/c1-3-8-24-16-9-13-15(10-14(16)21)25-18(17(13)19(22)23-2)11-4-6-12(20)7-5-11/h4-7,9-10H,3,8,21H2,1-2H3. The summed E-state index contributed by atoms with van der Waals surface area (Å²) in [5.74, 6) is -0.150. The van der Waals surface area contributed by atoms with E-state index in [9.17, 15) is 9.18 Å². The van der Waals surface area contributed by atoms with E-state index >= 15 is 0 Å². The minimum Gasteiger partial charge on any atom is -0.491 e. The fourth-order valence-electron chi connectivity index (χ4n) is 2.59. The Morgan fingerprint density at radius 1 is 1.24 bits per heavy atom. The van der Waals surface area contributed by atoms with Gasteiger partial charge in [-0.2, -0.15) is 0 Å². The molecular formula is C19H18FNO4. The lowest BCUT2D eigenvalue weighted by Crippen LogP contribution is -2.03. The zero-order chi connectivity index (χ0) is 18.0. The van der Waals surface area contributed by atoms with E-state index in [-0.39, 0.29) is 11.4 Å². The van der Waals surface area contributed by atoms with E-state index in [0.717, 1.165) is 6.42 Å². The van der Waals surface area contributed by atoms with Gasteiger partial charge in [-0.15, -0.1) is 0 Å². The first kappa shape index (κ1) is 16.8. The third kappa shape index (κ3) is 3.15. The Hall–Kier alpha value is -3.02. The van der Waals surface area contributed by atoms with Crippen LogP contribution in [-0.4, -0.2) is 19.7 Å². The molecule has 0 atom stereocenters. The molecule has 1 heterocycles. The van der Waals surface area contributed by atoms with Crippen molar-refractivity contribution in [2.24, 2.45) is 0 Å². The molecule has 0 fully saturated rings. The van der Waals surface area contributed by atoms with E-state index in [4.69, 9.17) is 19.6 Å². The summed E-state index contributed by atoms with van der Waals surface area (Å²) in [7, 11) is 1.29. The van der Waals surface area contributed by atoms with Crippen LogP contribution < -0.4 is 10.5 Å². The van der Waals surface area contributed by atoms with Gasteiger partial charge >= 0.3 is 5.97 Å². The number of anilines is 1. The molecular weight excluding hydrogens is 325 g/mol. The van der Waals surface area contributed by atoms with Crippen LogP contribution in [0.3, 0.4) is 0 Å². The summed E-state index contributed by atoms with van der Waals surface area (Å²) in [5.41, 5.74) is 7.67. The maximum Gasteiger partial charge on any atom is 0.342 e. The predicted molar refractivity (Wildman–Crippen MR) is 93.1 cm³/mol. The molecule has 1 aromatic heterocycles. The number of nitrogens with two attached hydrogens (primary N) is 1. The lowest BCUT2D eigenvalue weighted by Gasteiger charge is -2.07. The summed E-state index contributed by atoms with van der Waals surface area (Å²) < 4.78 is 29.6. The number of hydrogen-bond acceptors (Lipinski definition) is 5. The number of methoxy groups -OCH3 is 1. The lowest BCUT2D eigenvalue weighted by molar-refractivity contribution is 0.0603. The van der Waals surface area contributed by atoms with Crippen LogP contribution in [0, 0.1) is 5.82 Å². The SMILES string of the molecule is CCCOc1cc2c(C(=O)OC)c(-c3ccc(F)cc3)oc2cc1N. The minimum absolute atomic E-state index is 0.255. The second-order valence-corrected chi connectivity index (χ2v) is 5.54. The Labute approximate surface area is 144 Å². The Morgan fingerprint density at radius 2 is 1.96 bits per heavy atom. The van der Waals surface area contributed by atoms with Crippen molar-refractivity contribution in [2.45, 2.75) is 13.3 Å². The van der Waals surface area contributed by atoms with Crippen molar-refractivity contribution in [3.8, 4) is 17.1 Å². The molecule has 25 heavy (non-hydrogen) atoms. The first-order valence-corrected chi connectivity index (χ1v) is 7.88. The Kier molecular flexibility index (Phi) is 4.61. The molecule has 0 aliphatic rings. The Morgan fingerprint density at radius 3 is 2.60 bits per heavy atom. The van der Waals surface area contributed by atoms with Gasteiger partial charge in [0, 0.05) is 17.0 Å². The third-order valence-electron chi connectivity index (χ3n) is 3.78. The smallest absolute Gasteiger partial charge is 0.342 e. The van der Waals surface area contributed by atoms with Crippen molar-refractivity contribution in [1.29, 1.82) is 0 Å². The summed E-state index contributed by atoms with van der Waals surface area (Å²) >= 11 is 0. The van der Waals surface area contributed by atoms with Crippen molar-refractivity contribution in [3.63, 3.8) is 0 Å². The Bertz CT molecular complexity index is 915. The highest BCUT2D eigenvalue weighted by Gasteiger charge is 2.24. The largest absolute Gasteiger partial charge is 0.491 e. The van der Waals surface area contributed by atoms with Gasteiger partial charge in [-0.05, 0) is 36.8 Å². The highest BCUT2D eigenvalue weighted by atomic mass is 19.1. The maximum atomic E-state index is 13.2. The van der Waals surface area contributed by atoms with Gasteiger partial charge in [0.25, 0.3) is 0 Å². The van der Waals surface area contributed by atoms with Crippen LogP contribution in [0.2, 0.25) is 0 Å². The summed E-state index contributed by atoms with van der Waals surface area (Å²) in [6.07, 6.45) is 0.827. The normalized spacial score (nSPS) is 10.8. The van der Waals surface area contributed by atoms with Crippen LogP contribution in [0.25, 0.3) is 22.3 Å². The highest BCUT2D eigenvalue weighted by molar-refractivity contribution is 6.09. The second kappa shape index (κ2) is 6.84. The molecule has 0 saturated carbocycles. The Balaban J connectivity index is 2.22. The molecule has 2 aromatic carbocycles. The zero-order valence-electron chi connectivity index (χ0n) is 14.0. The molecule has 2 N–H and O–H groups in total. The summed E-state index contributed by atoms with van der Waals surface area (Å²) in [6, 6.07) is 8.96. The van der Waals surface area contributed by atoms with Crippen LogP contribution in [-0.2, 0) is 4.74 Å². The van der Waals surface area contributed by atoms with Crippen LogP contribution in [0.4, 0.5) is 10.1 Å². The second-order valence-electron chi connectivity index (χ2n) is 5.54. The summed E-state index contributed by atoms with van der Waals surface area (Å²) in [6.45, 7) is 2.49. The van der Waals surface area contributed by atoms with Crippen molar-refractivity contribution in [2.75, 3.05) is 19.5 Å². The zero-order valence-corrected chi connectivity index (χ0v) is 14.0. The van der Waals surface area contributed by atoms with Gasteiger partial charge in [0.1, 0.15) is 28.5 Å². The molecule has 3 rings (SSSR count). The summed E-state index contributed by atoms with van der Waals surface area (Å²) in [4.78, 5) is 12.3. The van der Waals surface area contributed by atoms with E-state index in [0.29, 0.717) is 40.3 Å². The molecule has 0 aliphatic carbocycles. The molecule has 0 amide bonds. The molecule has 0 bridgehead atoms. The van der Waals surface area contributed by atoms with Gasteiger partial charge in [-0.3, -0.25) is 0 Å². The number of rotatable bonds is 5. The fraction of sp³-hybridized carbons (Fsp3) is 0.211. The van der Waals surface area contributed by atoms with Gasteiger partial charge in [-0.1, -0.05) is 6.92 Å². The number of carbonyl (C=O) groups is 1. The predicted octanol–water partition coefficient (Wildman–Crippen LogP) is 4.40. The quantitative estimate of drug-likeness (QED) is 0.549. The number of hydrogen-bond donors (Lipinski definition) is 1. The van der Waals surface area contributed by atoms with Gasteiger partial charge in [0.05, 0.1) is 19.4 Å². The molecule has 130 valence electrons. The molecule has 3 aromatic rings. The highest BCUT2D eigenvalue weighted by Crippen LogP contribution is 2.38. The first-order chi connectivity index (χ1) is 12.0. The number of carbonyl (C=O) groups excluding carboxylic acids is 1. The number of ether oxygens (including phenoxy) is 2. The van der Waals surface area contributed by atoms with E-state index in [1.807, 2.05) is 6.92 Å². The lowest BCUT2D eigenvalue weighted by atomic mass is 10.0. The van der Waals surface area contributed by atoms with Crippen molar-refractivity contribution < 1.29 is 23.1 Å². The van der Waals surface area contributed by atoms with Gasteiger partial charge < -0.3 is 19.6 Å². The molecule has 6 heteroatoms. The monoisotopic (exact) mass is 343 g/mol. The summed E-state index contributed by atoms with van der Waals surface area (Å²) in [5, 5.41) is 0.534. The van der Waals surface area contributed by atoms with E-state index in [1.165, 1.54) is 31.4 Å². The fourth-order valence-corrected chi connectivity index (χ4v) is 2.59. The van der Waals surface area contributed by atoms with Crippen molar-refractivity contribution >= 4 is 22.6 Å². The third-order valence-corrected chi connectivity index (χ3v) is 3.78. The van der Waals surface area contributed by atoms with E-state index in [2.05, 4.69) is 0 Å². The van der Waals surface area contributed by atoms with Crippen LogP contribution >= 0.6 is 0 Å². The van der Waals surface area contributed by atoms with E-state index < -0.39 is 5.97 Å². The van der Waals surface area contributed by atoms with Crippen LogP contribution in [0.15, 0.2) is 40.8 Å². The molecule has 5 nitrogen and oxygen atoms in total. The van der Waals surface area contributed by atoms with Crippen molar-refractivity contribution in [3.05, 3.63) is 47.8 Å².